The fraction of sp³-hybridized carbons (Fsp3) is 0.357. The Hall–Kier alpha value is -2.37. The van der Waals surface area contributed by atoms with Crippen LogP contribution >= 0.6 is 0 Å². The smallest absolute Gasteiger partial charge is 0.345 e. The van der Waals surface area contributed by atoms with Crippen molar-refractivity contribution in [1.82, 2.24) is 4.90 Å². The first-order chi connectivity index (χ1) is 9.38. The molecule has 0 aromatic heterocycles. The molecule has 6 heteroatoms. The van der Waals surface area contributed by atoms with Crippen molar-refractivity contribution in [2.24, 2.45) is 0 Å². The minimum Gasteiger partial charge on any atom is -0.462 e. The van der Waals surface area contributed by atoms with E-state index >= 15 is 0 Å². The van der Waals surface area contributed by atoms with Gasteiger partial charge in [-0.2, -0.15) is 0 Å². The zero-order chi connectivity index (χ0) is 15.3. The summed E-state index contributed by atoms with van der Waals surface area (Å²) < 4.78 is 4.90. The van der Waals surface area contributed by atoms with Crippen molar-refractivity contribution in [2.75, 3.05) is 20.7 Å². The maximum Gasteiger partial charge on any atom is 0.345 e. The molecular weight excluding hydrogens is 260 g/mol. The van der Waals surface area contributed by atoms with Gasteiger partial charge in [-0.05, 0) is 37.8 Å². The Morgan fingerprint density at radius 1 is 1.45 bits per heavy atom. The van der Waals surface area contributed by atoms with E-state index in [4.69, 9.17) is 4.74 Å². The van der Waals surface area contributed by atoms with Crippen LogP contribution in [-0.4, -0.2) is 36.5 Å². The van der Waals surface area contributed by atoms with Crippen molar-refractivity contribution in [2.45, 2.75) is 13.8 Å². The molecule has 0 saturated carbocycles. The summed E-state index contributed by atoms with van der Waals surface area (Å²) in [5.74, 6) is -0.670. The highest BCUT2D eigenvalue weighted by atomic mass is 16.6. The predicted molar refractivity (Wildman–Crippen MR) is 76.5 cm³/mol. The topological polar surface area (TPSA) is 72.7 Å². The lowest BCUT2D eigenvalue weighted by molar-refractivity contribution is -0.385. The molecule has 0 heterocycles. The van der Waals surface area contributed by atoms with Gasteiger partial charge in [0.1, 0.15) is 5.56 Å². The highest BCUT2D eigenvalue weighted by Crippen LogP contribution is 2.28. The number of esters is 1. The number of nitro groups is 1. The van der Waals surface area contributed by atoms with Crippen LogP contribution in [0.15, 0.2) is 18.3 Å². The first kappa shape index (κ1) is 15.7. The molecule has 0 aliphatic rings. The molecule has 0 aliphatic heterocycles. The van der Waals surface area contributed by atoms with Crippen molar-refractivity contribution in [3.8, 4) is 0 Å². The standard InChI is InChI=1S/C14H18N2O4/c1-5-20-14(17)12-10(2)6-7-11(8-9-15(3)4)13(12)16(18)19/h6-9H,5H2,1-4H3/b9-8+. The third kappa shape index (κ3) is 3.57. The number of aryl methyl sites for hydroxylation is 1. The number of carbonyl (C=O) groups excluding carboxylic acids is 1. The molecule has 0 bridgehead atoms. The van der Waals surface area contributed by atoms with E-state index in [1.54, 1.807) is 43.2 Å². The number of nitrogens with zero attached hydrogens (tertiary/aromatic N) is 2. The van der Waals surface area contributed by atoms with Crippen molar-refractivity contribution in [3.63, 3.8) is 0 Å². The Morgan fingerprint density at radius 2 is 2.10 bits per heavy atom. The van der Waals surface area contributed by atoms with Gasteiger partial charge >= 0.3 is 5.97 Å². The lowest BCUT2D eigenvalue weighted by Gasteiger charge is -2.09. The van der Waals surface area contributed by atoms with E-state index in [0.717, 1.165) is 0 Å². The fourth-order valence-corrected chi connectivity index (χ4v) is 1.73. The average Bonchev–Trinajstić information content (AvgIpc) is 2.36. The first-order valence-corrected chi connectivity index (χ1v) is 6.18. The number of carbonyl (C=O) groups is 1. The van der Waals surface area contributed by atoms with Crippen LogP contribution in [0.5, 0.6) is 0 Å². The van der Waals surface area contributed by atoms with E-state index in [1.165, 1.54) is 0 Å². The van der Waals surface area contributed by atoms with Crippen LogP contribution < -0.4 is 0 Å². The van der Waals surface area contributed by atoms with Crippen LogP contribution in [0, 0.1) is 17.0 Å². The quantitative estimate of drug-likeness (QED) is 0.470. The second kappa shape index (κ2) is 6.70. The number of benzene rings is 1. The molecule has 1 aromatic carbocycles. The van der Waals surface area contributed by atoms with Gasteiger partial charge in [-0.15, -0.1) is 0 Å². The summed E-state index contributed by atoms with van der Waals surface area (Å²) in [6.45, 7) is 3.49. The summed E-state index contributed by atoms with van der Waals surface area (Å²) in [6, 6.07) is 3.30. The molecule has 1 aromatic rings. The van der Waals surface area contributed by atoms with Crippen LogP contribution in [0.2, 0.25) is 0 Å². The highest BCUT2D eigenvalue weighted by Gasteiger charge is 2.26. The molecular formula is C14H18N2O4. The molecule has 0 fully saturated rings. The maximum absolute atomic E-state index is 11.9. The molecule has 0 N–H and O–H groups in total. The van der Waals surface area contributed by atoms with Gasteiger partial charge in [-0.3, -0.25) is 10.1 Å². The number of hydrogen-bond donors (Lipinski definition) is 0. The summed E-state index contributed by atoms with van der Waals surface area (Å²) >= 11 is 0. The number of nitro benzene ring substituents is 1. The SMILES string of the molecule is CCOC(=O)c1c(C)ccc(/C=C/N(C)C)c1[N+](=O)[O-]. The molecule has 0 aliphatic carbocycles. The highest BCUT2D eigenvalue weighted by molar-refractivity contribution is 5.97. The molecule has 0 saturated heterocycles. The van der Waals surface area contributed by atoms with E-state index in [0.29, 0.717) is 11.1 Å². The molecule has 0 unspecified atom stereocenters. The predicted octanol–water partition coefficient (Wildman–Crippen LogP) is 2.61. The van der Waals surface area contributed by atoms with Gasteiger partial charge in [0, 0.05) is 14.1 Å². The lowest BCUT2D eigenvalue weighted by Crippen LogP contribution is -2.11. The lowest BCUT2D eigenvalue weighted by atomic mass is 10.0. The number of ether oxygens (including phenoxy) is 1. The molecule has 0 radical (unpaired) electrons. The summed E-state index contributed by atoms with van der Waals surface area (Å²) in [6.07, 6.45) is 3.28. The summed E-state index contributed by atoms with van der Waals surface area (Å²) in [5.41, 5.74) is 0.689. The molecule has 1 rings (SSSR count). The van der Waals surface area contributed by atoms with Crippen molar-refractivity contribution < 1.29 is 14.5 Å². The van der Waals surface area contributed by atoms with Gasteiger partial charge in [0.15, 0.2) is 0 Å². The Kier molecular flexibility index (Phi) is 5.25. The summed E-state index contributed by atoms with van der Waals surface area (Å²) in [7, 11) is 3.62. The molecule has 0 amide bonds. The summed E-state index contributed by atoms with van der Waals surface area (Å²) in [5, 5.41) is 11.3. The van der Waals surface area contributed by atoms with Gasteiger partial charge in [0.2, 0.25) is 0 Å². The molecule has 0 spiro atoms. The Morgan fingerprint density at radius 3 is 2.60 bits per heavy atom. The first-order valence-electron chi connectivity index (χ1n) is 6.18. The van der Waals surface area contributed by atoms with E-state index in [9.17, 15) is 14.9 Å². The largest absolute Gasteiger partial charge is 0.462 e. The summed E-state index contributed by atoms with van der Waals surface area (Å²) in [4.78, 5) is 24.4. The van der Waals surface area contributed by atoms with Crippen LogP contribution in [0.4, 0.5) is 5.69 Å². The van der Waals surface area contributed by atoms with Gasteiger partial charge in [-0.1, -0.05) is 6.07 Å². The van der Waals surface area contributed by atoms with E-state index < -0.39 is 10.9 Å². The van der Waals surface area contributed by atoms with Crippen LogP contribution in [0.1, 0.15) is 28.4 Å². The fourth-order valence-electron chi connectivity index (χ4n) is 1.73. The average molecular weight is 278 g/mol. The van der Waals surface area contributed by atoms with Crippen molar-refractivity contribution in [3.05, 3.63) is 45.1 Å². The van der Waals surface area contributed by atoms with Crippen LogP contribution in [0.25, 0.3) is 6.08 Å². The minimum absolute atomic E-state index is 0.0118. The number of hydrogen-bond acceptors (Lipinski definition) is 5. The van der Waals surface area contributed by atoms with Crippen molar-refractivity contribution in [1.29, 1.82) is 0 Å². The Balaban J connectivity index is 3.45. The Bertz CT molecular complexity index is 550. The molecule has 108 valence electrons. The van der Waals surface area contributed by atoms with E-state index in [2.05, 4.69) is 0 Å². The van der Waals surface area contributed by atoms with E-state index in [1.807, 2.05) is 14.1 Å². The second-order valence-electron chi connectivity index (χ2n) is 4.45. The third-order valence-electron chi connectivity index (χ3n) is 2.63. The van der Waals surface area contributed by atoms with Gasteiger partial charge < -0.3 is 9.64 Å². The number of rotatable bonds is 5. The van der Waals surface area contributed by atoms with Gasteiger partial charge in [0.05, 0.1) is 17.1 Å². The molecule has 6 nitrogen and oxygen atoms in total. The zero-order valence-electron chi connectivity index (χ0n) is 12.0. The minimum atomic E-state index is -0.670. The Labute approximate surface area is 117 Å². The molecule has 20 heavy (non-hydrogen) atoms. The van der Waals surface area contributed by atoms with E-state index in [-0.39, 0.29) is 17.9 Å². The zero-order valence-corrected chi connectivity index (χ0v) is 12.0. The van der Waals surface area contributed by atoms with Crippen molar-refractivity contribution >= 4 is 17.7 Å². The van der Waals surface area contributed by atoms with Crippen LogP contribution in [0.3, 0.4) is 0 Å². The monoisotopic (exact) mass is 278 g/mol. The van der Waals surface area contributed by atoms with Gasteiger partial charge in [-0.25, -0.2) is 4.79 Å². The second-order valence-corrected chi connectivity index (χ2v) is 4.45. The molecule has 0 atom stereocenters. The third-order valence-corrected chi connectivity index (χ3v) is 2.63. The normalized spacial score (nSPS) is 10.6. The van der Waals surface area contributed by atoms with Gasteiger partial charge in [0.25, 0.3) is 5.69 Å². The maximum atomic E-state index is 11.9. The van der Waals surface area contributed by atoms with Crippen LogP contribution in [-0.2, 0) is 4.74 Å².